The van der Waals surface area contributed by atoms with Gasteiger partial charge in [0.15, 0.2) is 6.61 Å². The molecule has 0 spiro atoms. The molecule has 0 radical (unpaired) electrons. The Bertz CT molecular complexity index is 873. The van der Waals surface area contributed by atoms with Gasteiger partial charge < -0.3 is 15.0 Å². The number of nitrogens with zero attached hydrogens (tertiary/aromatic N) is 1. The van der Waals surface area contributed by atoms with Crippen molar-refractivity contribution in [3.05, 3.63) is 63.6 Å². The highest BCUT2D eigenvalue weighted by atomic mass is 35.5. The van der Waals surface area contributed by atoms with Crippen molar-refractivity contribution in [3.63, 3.8) is 0 Å². The Morgan fingerprint density at radius 1 is 1.13 bits per heavy atom. The van der Waals surface area contributed by atoms with E-state index in [0.717, 1.165) is 24.0 Å². The molecule has 0 saturated carbocycles. The lowest BCUT2D eigenvalue weighted by Gasteiger charge is -2.29. The van der Waals surface area contributed by atoms with Crippen molar-refractivity contribution in [2.24, 2.45) is 0 Å². The normalized spacial score (nSPS) is 11.6. The zero-order valence-electron chi connectivity index (χ0n) is 17.6. The molecular weight excluding hydrogens is 423 g/mol. The van der Waals surface area contributed by atoms with Crippen LogP contribution in [0.5, 0.6) is 5.75 Å². The number of hydrogen-bond acceptors (Lipinski definition) is 3. The third-order valence-corrected chi connectivity index (χ3v) is 5.52. The monoisotopic (exact) mass is 450 g/mol. The first-order valence-corrected chi connectivity index (χ1v) is 10.8. The number of carbonyl (C=O) groups excluding carboxylic acids is 2. The van der Waals surface area contributed by atoms with Crippen LogP contribution in [0.25, 0.3) is 0 Å². The second-order valence-corrected chi connectivity index (χ2v) is 7.96. The summed E-state index contributed by atoms with van der Waals surface area (Å²) in [6.07, 6.45) is 1.86. The smallest absolute Gasteiger partial charge is 0.261 e. The van der Waals surface area contributed by atoms with Crippen molar-refractivity contribution in [3.8, 4) is 5.75 Å². The number of para-hydroxylation sites is 1. The summed E-state index contributed by atoms with van der Waals surface area (Å²) in [5.74, 6) is 0.149. The third kappa shape index (κ3) is 6.92. The minimum atomic E-state index is -0.663. The molecule has 0 aliphatic heterocycles. The molecule has 0 bridgehead atoms. The predicted molar refractivity (Wildman–Crippen MR) is 121 cm³/mol. The molecule has 1 N–H and O–H groups in total. The van der Waals surface area contributed by atoms with Gasteiger partial charge in [0, 0.05) is 13.1 Å². The molecule has 0 aliphatic carbocycles. The maximum absolute atomic E-state index is 13.0. The van der Waals surface area contributed by atoms with Gasteiger partial charge in [0.1, 0.15) is 11.8 Å². The van der Waals surface area contributed by atoms with E-state index in [4.69, 9.17) is 27.9 Å². The molecule has 7 heteroatoms. The quantitative estimate of drug-likeness (QED) is 0.517. The van der Waals surface area contributed by atoms with E-state index in [0.29, 0.717) is 22.3 Å². The van der Waals surface area contributed by atoms with E-state index in [1.165, 1.54) is 4.90 Å². The van der Waals surface area contributed by atoms with Crippen LogP contribution in [0.2, 0.25) is 10.0 Å². The molecule has 2 amide bonds. The van der Waals surface area contributed by atoms with E-state index in [1.54, 1.807) is 25.1 Å². The molecule has 2 aromatic rings. The Hall–Kier alpha value is -2.24. The molecule has 30 heavy (non-hydrogen) atoms. The van der Waals surface area contributed by atoms with Gasteiger partial charge in [-0.3, -0.25) is 9.59 Å². The molecule has 162 valence electrons. The lowest BCUT2D eigenvalue weighted by atomic mass is 10.1. The molecule has 2 rings (SSSR count). The maximum Gasteiger partial charge on any atom is 0.261 e. The number of halogens is 2. The molecule has 0 aliphatic rings. The van der Waals surface area contributed by atoms with Crippen LogP contribution in [0.15, 0.2) is 42.5 Å². The van der Waals surface area contributed by atoms with E-state index in [1.807, 2.05) is 31.2 Å². The predicted octanol–water partition coefficient (Wildman–Crippen LogP) is 5.01. The summed E-state index contributed by atoms with van der Waals surface area (Å²) < 4.78 is 5.72. The number of ether oxygens (including phenoxy) is 1. The molecule has 1 unspecified atom stereocenters. The largest absolute Gasteiger partial charge is 0.484 e. The zero-order valence-corrected chi connectivity index (χ0v) is 19.1. The Morgan fingerprint density at radius 3 is 2.53 bits per heavy atom. The van der Waals surface area contributed by atoms with Crippen molar-refractivity contribution in [1.29, 1.82) is 0 Å². The molecule has 1 atom stereocenters. The second-order valence-electron chi connectivity index (χ2n) is 7.14. The minimum Gasteiger partial charge on any atom is -0.484 e. The number of rotatable bonds is 10. The molecule has 0 heterocycles. The number of benzene rings is 2. The van der Waals surface area contributed by atoms with Crippen LogP contribution in [-0.4, -0.2) is 35.9 Å². The van der Waals surface area contributed by atoms with Gasteiger partial charge in [0.25, 0.3) is 5.91 Å². The van der Waals surface area contributed by atoms with Gasteiger partial charge >= 0.3 is 0 Å². The zero-order chi connectivity index (χ0) is 22.1. The fraction of sp³-hybridized carbons (Fsp3) is 0.391. The Kier molecular flexibility index (Phi) is 9.47. The maximum atomic E-state index is 13.0. The molecule has 0 aromatic heterocycles. The molecule has 2 aromatic carbocycles. The average molecular weight is 451 g/mol. The van der Waals surface area contributed by atoms with E-state index in [2.05, 4.69) is 12.2 Å². The van der Waals surface area contributed by atoms with Crippen molar-refractivity contribution in [2.45, 2.75) is 46.2 Å². The summed E-state index contributed by atoms with van der Waals surface area (Å²) >= 11 is 12.1. The number of carbonyl (C=O) groups is 2. The van der Waals surface area contributed by atoms with E-state index < -0.39 is 6.04 Å². The van der Waals surface area contributed by atoms with Gasteiger partial charge in [-0.05, 0) is 49.6 Å². The summed E-state index contributed by atoms with van der Waals surface area (Å²) in [5, 5.41) is 3.72. The van der Waals surface area contributed by atoms with Gasteiger partial charge in [0.05, 0.1) is 10.0 Å². The third-order valence-electron chi connectivity index (χ3n) is 4.78. The van der Waals surface area contributed by atoms with Crippen molar-refractivity contribution in [1.82, 2.24) is 10.2 Å². The standard InChI is InChI=1S/C23H28Cl2N2O3/c1-4-5-12-26-23(29)17(3)27(14-18-10-11-19(24)20(25)13-18)22(28)15-30-21-9-7-6-8-16(21)2/h6-11,13,17H,4-5,12,14-15H2,1-3H3,(H,26,29). The molecule has 0 saturated heterocycles. The van der Waals surface area contributed by atoms with Crippen LogP contribution >= 0.6 is 23.2 Å². The van der Waals surface area contributed by atoms with Crippen LogP contribution in [0, 0.1) is 6.92 Å². The van der Waals surface area contributed by atoms with Gasteiger partial charge in [-0.2, -0.15) is 0 Å². The second kappa shape index (κ2) is 11.8. The SMILES string of the molecule is CCCCNC(=O)C(C)N(Cc1ccc(Cl)c(Cl)c1)C(=O)COc1ccccc1C. The van der Waals surface area contributed by atoms with Crippen molar-refractivity contribution < 1.29 is 14.3 Å². The Morgan fingerprint density at radius 2 is 1.87 bits per heavy atom. The number of amides is 2. The first kappa shape index (κ1) is 24.0. The highest BCUT2D eigenvalue weighted by molar-refractivity contribution is 6.42. The van der Waals surface area contributed by atoms with Crippen LogP contribution < -0.4 is 10.1 Å². The van der Waals surface area contributed by atoms with Gasteiger partial charge in [-0.1, -0.05) is 60.8 Å². The van der Waals surface area contributed by atoms with E-state index in [9.17, 15) is 9.59 Å². The fourth-order valence-corrected chi connectivity index (χ4v) is 3.21. The number of nitrogens with one attached hydrogen (secondary N) is 1. The van der Waals surface area contributed by atoms with Crippen LogP contribution in [-0.2, 0) is 16.1 Å². The van der Waals surface area contributed by atoms with Crippen LogP contribution in [0.4, 0.5) is 0 Å². The fourth-order valence-electron chi connectivity index (χ4n) is 2.89. The average Bonchev–Trinajstić information content (AvgIpc) is 2.73. The first-order valence-electron chi connectivity index (χ1n) is 10.0. The highest BCUT2D eigenvalue weighted by Gasteiger charge is 2.26. The van der Waals surface area contributed by atoms with Gasteiger partial charge in [-0.15, -0.1) is 0 Å². The summed E-state index contributed by atoms with van der Waals surface area (Å²) in [4.78, 5) is 27.1. The van der Waals surface area contributed by atoms with Gasteiger partial charge in [0.2, 0.25) is 5.91 Å². The van der Waals surface area contributed by atoms with Crippen LogP contribution in [0.3, 0.4) is 0 Å². The topological polar surface area (TPSA) is 58.6 Å². The molecule has 5 nitrogen and oxygen atoms in total. The lowest BCUT2D eigenvalue weighted by molar-refractivity contribution is -0.142. The van der Waals surface area contributed by atoms with Crippen LogP contribution in [0.1, 0.15) is 37.8 Å². The number of unbranched alkanes of at least 4 members (excludes halogenated alkanes) is 1. The molecular formula is C23H28Cl2N2O3. The Balaban J connectivity index is 2.15. The summed E-state index contributed by atoms with van der Waals surface area (Å²) in [7, 11) is 0. The summed E-state index contributed by atoms with van der Waals surface area (Å²) in [6.45, 7) is 6.31. The number of aryl methyl sites for hydroxylation is 1. The van der Waals surface area contributed by atoms with E-state index in [-0.39, 0.29) is 25.0 Å². The molecule has 0 fully saturated rings. The number of hydrogen-bond donors (Lipinski definition) is 1. The lowest BCUT2D eigenvalue weighted by Crippen LogP contribution is -2.49. The minimum absolute atomic E-state index is 0.168. The van der Waals surface area contributed by atoms with Gasteiger partial charge in [-0.25, -0.2) is 0 Å². The summed E-state index contributed by atoms with van der Waals surface area (Å²) in [6, 6.07) is 12.0. The van der Waals surface area contributed by atoms with Crippen molar-refractivity contribution in [2.75, 3.05) is 13.2 Å². The summed E-state index contributed by atoms with van der Waals surface area (Å²) in [5.41, 5.74) is 1.72. The van der Waals surface area contributed by atoms with E-state index >= 15 is 0 Å². The first-order chi connectivity index (χ1) is 14.3. The van der Waals surface area contributed by atoms with Crippen molar-refractivity contribution >= 4 is 35.0 Å². The Labute approximate surface area is 188 Å². The highest BCUT2D eigenvalue weighted by Crippen LogP contribution is 2.24.